The standard InChI is InChI=1S/C27H26N8O2/c1-2-3-15-33-23-24(31-26(33)32-14-8-9-19(29)17-32)35(22-12-5-4-6-13-22)27(37)34(25(23)36)18-21-11-7-10-20(16-28)30-21/h4-7,10-13,19H,8-9,14-15,17-18,29H2,1H3. The van der Waals surface area contributed by atoms with E-state index in [1.165, 1.54) is 4.57 Å². The first kappa shape index (κ1) is 24.0. The maximum Gasteiger partial charge on any atom is 0.337 e. The van der Waals surface area contributed by atoms with Crippen LogP contribution in [0.15, 0.2) is 58.1 Å². The highest BCUT2D eigenvalue weighted by Gasteiger charge is 2.27. The van der Waals surface area contributed by atoms with Gasteiger partial charge in [-0.2, -0.15) is 10.2 Å². The minimum Gasteiger partial charge on any atom is -0.341 e. The Balaban J connectivity index is 1.82. The summed E-state index contributed by atoms with van der Waals surface area (Å²) in [5.74, 6) is 6.51. The second-order valence-corrected chi connectivity index (χ2v) is 8.92. The van der Waals surface area contributed by atoms with Gasteiger partial charge in [0.1, 0.15) is 11.8 Å². The Kier molecular flexibility index (Phi) is 6.59. The monoisotopic (exact) mass is 494 g/mol. The van der Waals surface area contributed by atoms with Crippen LogP contribution in [0.1, 0.15) is 31.2 Å². The van der Waals surface area contributed by atoms with E-state index in [9.17, 15) is 14.9 Å². The van der Waals surface area contributed by atoms with Gasteiger partial charge in [-0.1, -0.05) is 30.2 Å². The van der Waals surface area contributed by atoms with E-state index >= 15 is 0 Å². The molecule has 1 unspecified atom stereocenters. The highest BCUT2D eigenvalue weighted by molar-refractivity contribution is 5.76. The van der Waals surface area contributed by atoms with Crippen molar-refractivity contribution < 1.29 is 0 Å². The third kappa shape index (κ3) is 4.51. The van der Waals surface area contributed by atoms with Gasteiger partial charge in [-0.25, -0.2) is 14.3 Å². The number of fused-ring (bicyclic) bond motifs is 1. The van der Waals surface area contributed by atoms with Crippen LogP contribution in [0, 0.1) is 23.2 Å². The van der Waals surface area contributed by atoms with Crippen molar-refractivity contribution in [2.24, 2.45) is 5.73 Å². The van der Waals surface area contributed by atoms with E-state index in [2.05, 4.69) is 21.7 Å². The maximum absolute atomic E-state index is 13.9. The van der Waals surface area contributed by atoms with Crippen LogP contribution < -0.4 is 21.9 Å². The van der Waals surface area contributed by atoms with Crippen LogP contribution in [-0.2, 0) is 13.1 Å². The zero-order valence-electron chi connectivity index (χ0n) is 20.5. The summed E-state index contributed by atoms with van der Waals surface area (Å²) in [4.78, 5) is 39.0. The number of aromatic nitrogens is 5. The Bertz CT molecular complexity index is 1680. The van der Waals surface area contributed by atoms with Gasteiger partial charge in [-0.3, -0.25) is 13.9 Å². The molecule has 10 heteroatoms. The van der Waals surface area contributed by atoms with E-state index in [0.717, 1.165) is 24.0 Å². The molecule has 0 amide bonds. The molecule has 3 aromatic heterocycles. The molecule has 10 nitrogen and oxygen atoms in total. The molecular formula is C27H26N8O2. The zero-order valence-corrected chi connectivity index (χ0v) is 20.5. The number of rotatable bonds is 5. The predicted octanol–water partition coefficient (Wildman–Crippen LogP) is 1.61. The average molecular weight is 495 g/mol. The number of nitriles is 1. The zero-order chi connectivity index (χ0) is 25.9. The molecule has 1 saturated heterocycles. The molecule has 186 valence electrons. The SMILES string of the molecule is CC#CCn1c(N2CCCC(N)C2)nc2c1c(=O)n(Cc1cccc(C#N)n1)c(=O)n2-c1ccccc1. The Hall–Kier alpha value is -4.67. The van der Waals surface area contributed by atoms with Crippen molar-refractivity contribution >= 4 is 17.1 Å². The lowest BCUT2D eigenvalue weighted by molar-refractivity contribution is 0.496. The van der Waals surface area contributed by atoms with E-state index in [0.29, 0.717) is 23.9 Å². The summed E-state index contributed by atoms with van der Waals surface area (Å²) in [6.07, 6.45) is 1.82. The van der Waals surface area contributed by atoms with Crippen molar-refractivity contribution in [3.63, 3.8) is 0 Å². The minimum atomic E-state index is -0.541. The second-order valence-electron chi connectivity index (χ2n) is 8.92. The lowest BCUT2D eigenvalue weighted by atomic mass is 10.1. The quantitative estimate of drug-likeness (QED) is 0.418. The number of hydrogen-bond donors (Lipinski definition) is 1. The van der Waals surface area contributed by atoms with Gasteiger partial charge in [-0.05, 0) is 44.0 Å². The van der Waals surface area contributed by atoms with Gasteiger partial charge in [0.2, 0.25) is 5.95 Å². The Morgan fingerprint density at radius 2 is 1.89 bits per heavy atom. The van der Waals surface area contributed by atoms with Crippen molar-refractivity contribution in [3.05, 3.63) is 80.8 Å². The average Bonchev–Trinajstić information content (AvgIpc) is 3.30. The van der Waals surface area contributed by atoms with Crippen molar-refractivity contribution in [1.82, 2.24) is 23.7 Å². The fourth-order valence-electron chi connectivity index (χ4n) is 4.70. The molecule has 5 rings (SSSR count). The summed E-state index contributed by atoms with van der Waals surface area (Å²) in [6.45, 7) is 3.22. The number of benzene rings is 1. The van der Waals surface area contributed by atoms with E-state index in [4.69, 9.17) is 10.7 Å². The second kappa shape index (κ2) is 10.1. The van der Waals surface area contributed by atoms with E-state index in [1.807, 2.05) is 24.3 Å². The van der Waals surface area contributed by atoms with E-state index in [1.54, 1.807) is 41.8 Å². The van der Waals surface area contributed by atoms with E-state index in [-0.39, 0.29) is 36.0 Å². The number of piperidine rings is 1. The number of pyridine rings is 1. The van der Waals surface area contributed by atoms with Crippen LogP contribution in [-0.4, -0.2) is 42.8 Å². The number of anilines is 1. The molecule has 37 heavy (non-hydrogen) atoms. The van der Waals surface area contributed by atoms with Crippen molar-refractivity contribution in [3.8, 4) is 23.6 Å². The van der Waals surface area contributed by atoms with Crippen molar-refractivity contribution in [2.75, 3.05) is 18.0 Å². The topological polar surface area (TPSA) is 128 Å². The molecule has 4 aromatic rings. The van der Waals surface area contributed by atoms with Gasteiger partial charge in [-0.15, -0.1) is 5.92 Å². The Morgan fingerprint density at radius 3 is 2.62 bits per heavy atom. The molecule has 1 aromatic carbocycles. The maximum atomic E-state index is 13.9. The first-order chi connectivity index (χ1) is 18.0. The summed E-state index contributed by atoms with van der Waals surface area (Å²) in [5, 5.41) is 9.25. The Morgan fingerprint density at radius 1 is 1.08 bits per heavy atom. The lowest BCUT2D eigenvalue weighted by Gasteiger charge is -2.31. The van der Waals surface area contributed by atoms with Crippen LogP contribution >= 0.6 is 0 Å². The third-order valence-corrected chi connectivity index (χ3v) is 6.42. The number of hydrogen-bond acceptors (Lipinski definition) is 7. The van der Waals surface area contributed by atoms with Gasteiger partial charge in [0.15, 0.2) is 11.2 Å². The number of imidazole rings is 1. The van der Waals surface area contributed by atoms with Crippen LogP contribution in [0.3, 0.4) is 0 Å². The molecule has 1 fully saturated rings. The van der Waals surface area contributed by atoms with E-state index < -0.39 is 11.2 Å². The van der Waals surface area contributed by atoms with Gasteiger partial charge in [0.05, 0.1) is 24.5 Å². The van der Waals surface area contributed by atoms with Crippen molar-refractivity contribution in [1.29, 1.82) is 5.26 Å². The minimum absolute atomic E-state index is 0.00858. The lowest BCUT2D eigenvalue weighted by Crippen LogP contribution is -2.44. The highest BCUT2D eigenvalue weighted by Crippen LogP contribution is 2.24. The molecule has 0 spiro atoms. The molecular weight excluding hydrogens is 468 g/mol. The summed E-state index contributed by atoms with van der Waals surface area (Å²) < 4.78 is 4.37. The summed E-state index contributed by atoms with van der Waals surface area (Å²) in [6, 6.07) is 16.0. The molecule has 1 atom stereocenters. The molecule has 4 heterocycles. The fraction of sp³-hybridized carbons (Fsp3) is 0.296. The first-order valence-electron chi connectivity index (χ1n) is 12.1. The molecule has 0 bridgehead atoms. The normalized spacial score (nSPS) is 15.3. The molecule has 1 aliphatic rings. The molecule has 0 radical (unpaired) electrons. The predicted molar refractivity (Wildman–Crippen MR) is 141 cm³/mol. The van der Waals surface area contributed by atoms with Crippen LogP contribution in [0.4, 0.5) is 5.95 Å². The molecule has 1 aliphatic heterocycles. The van der Waals surface area contributed by atoms with Crippen molar-refractivity contribution in [2.45, 2.75) is 38.9 Å². The molecule has 2 N–H and O–H groups in total. The molecule has 0 saturated carbocycles. The number of nitrogens with zero attached hydrogens (tertiary/aromatic N) is 7. The summed E-state index contributed by atoms with van der Waals surface area (Å²) in [5.41, 5.74) is 6.99. The molecule has 0 aliphatic carbocycles. The first-order valence-corrected chi connectivity index (χ1v) is 12.1. The fourth-order valence-corrected chi connectivity index (χ4v) is 4.70. The van der Waals surface area contributed by atoms with Gasteiger partial charge >= 0.3 is 5.69 Å². The third-order valence-electron chi connectivity index (χ3n) is 6.42. The van der Waals surface area contributed by atoms with Crippen LogP contribution in [0.2, 0.25) is 0 Å². The van der Waals surface area contributed by atoms with Gasteiger partial charge in [0.25, 0.3) is 5.56 Å². The largest absolute Gasteiger partial charge is 0.341 e. The smallest absolute Gasteiger partial charge is 0.337 e. The Labute approximate surface area is 213 Å². The number of nitrogens with two attached hydrogens (primary N) is 1. The van der Waals surface area contributed by atoms with Gasteiger partial charge < -0.3 is 10.6 Å². The summed E-state index contributed by atoms with van der Waals surface area (Å²) in [7, 11) is 0. The summed E-state index contributed by atoms with van der Waals surface area (Å²) >= 11 is 0. The van der Waals surface area contributed by atoms with Crippen LogP contribution in [0.5, 0.6) is 0 Å². The van der Waals surface area contributed by atoms with Crippen LogP contribution in [0.25, 0.3) is 16.9 Å². The highest BCUT2D eigenvalue weighted by atomic mass is 16.2. The number of para-hydroxylation sites is 1. The van der Waals surface area contributed by atoms with Gasteiger partial charge in [0, 0.05) is 19.1 Å².